The second kappa shape index (κ2) is 7.96. The van der Waals surface area contributed by atoms with Gasteiger partial charge in [0, 0.05) is 22.9 Å². The van der Waals surface area contributed by atoms with Crippen molar-refractivity contribution in [2.75, 3.05) is 13.7 Å². The first-order valence-electron chi connectivity index (χ1n) is 8.75. The predicted molar refractivity (Wildman–Crippen MR) is 106 cm³/mol. The molecule has 0 saturated heterocycles. The predicted octanol–water partition coefficient (Wildman–Crippen LogP) is 4.16. The van der Waals surface area contributed by atoms with Crippen molar-refractivity contribution in [3.8, 4) is 0 Å². The van der Waals surface area contributed by atoms with Crippen molar-refractivity contribution in [2.45, 2.75) is 33.7 Å². The number of furan rings is 1. The van der Waals surface area contributed by atoms with Crippen LogP contribution in [0, 0.1) is 20.8 Å². The molecule has 3 rings (SSSR count). The van der Waals surface area contributed by atoms with Crippen molar-refractivity contribution in [1.29, 1.82) is 0 Å². The highest BCUT2D eigenvalue weighted by Gasteiger charge is 2.16. The number of carbonyl (C=O) groups excluding carboxylic acids is 2. The first-order chi connectivity index (χ1) is 12.8. The Labute approximate surface area is 162 Å². The van der Waals surface area contributed by atoms with E-state index < -0.39 is 5.97 Å². The van der Waals surface area contributed by atoms with Crippen LogP contribution in [-0.2, 0) is 27.3 Å². The van der Waals surface area contributed by atoms with Gasteiger partial charge in [0.05, 0.1) is 19.2 Å². The van der Waals surface area contributed by atoms with Crippen LogP contribution in [0.3, 0.4) is 0 Å². The monoisotopic (exact) mass is 385 g/mol. The highest BCUT2D eigenvalue weighted by molar-refractivity contribution is 7.10. The number of ether oxygens (including phenoxy) is 1. The first-order valence-corrected chi connectivity index (χ1v) is 9.63. The van der Waals surface area contributed by atoms with E-state index in [1.807, 2.05) is 44.4 Å². The smallest absolute Gasteiger partial charge is 0.310 e. The Morgan fingerprint density at radius 2 is 1.89 bits per heavy atom. The number of fused-ring (bicyclic) bond motifs is 1. The maximum atomic E-state index is 12.2. The number of thiophene rings is 1. The Morgan fingerprint density at radius 1 is 1.15 bits per heavy atom. The summed E-state index contributed by atoms with van der Waals surface area (Å²) in [5.41, 5.74) is 4.96. The lowest BCUT2D eigenvalue weighted by Crippen LogP contribution is -2.31. The highest BCUT2D eigenvalue weighted by atomic mass is 32.1. The summed E-state index contributed by atoms with van der Waals surface area (Å²) >= 11 is 1.61. The molecule has 27 heavy (non-hydrogen) atoms. The van der Waals surface area contributed by atoms with Crippen LogP contribution in [0.25, 0.3) is 11.0 Å². The van der Waals surface area contributed by atoms with Crippen molar-refractivity contribution in [2.24, 2.45) is 0 Å². The summed E-state index contributed by atoms with van der Waals surface area (Å²) in [6, 6.07) is 6.00. The van der Waals surface area contributed by atoms with Gasteiger partial charge >= 0.3 is 5.97 Å². The topological polar surface area (TPSA) is 59.8 Å². The minimum Gasteiger partial charge on any atom is -0.464 e. The molecule has 0 unspecified atom stereocenters. The molecule has 0 aliphatic rings. The summed E-state index contributed by atoms with van der Waals surface area (Å²) in [4.78, 5) is 27.1. The van der Waals surface area contributed by atoms with E-state index in [1.54, 1.807) is 29.5 Å². The minimum absolute atomic E-state index is 0.0799. The molecule has 142 valence electrons. The second-order valence-corrected chi connectivity index (χ2v) is 7.81. The Bertz CT molecular complexity index is 985. The Kier molecular flexibility index (Phi) is 5.65. The lowest BCUT2D eigenvalue weighted by atomic mass is 10.0. The SMILES string of the molecule is Cc1cc2occ(CC(=O)OCC(=O)N(C)Cc3sccc3C)c2cc1C. The molecule has 0 aliphatic carbocycles. The largest absolute Gasteiger partial charge is 0.464 e. The van der Waals surface area contributed by atoms with Gasteiger partial charge in [0.15, 0.2) is 6.61 Å². The van der Waals surface area contributed by atoms with Gasteiger partial charge in [0.2, 0.25) is 0 Å². The van der Waals surface area contributed by atoms with Crippen LogP contribution in [0.1, 0.15) is 27.1 Å². The van der Waals surface area contributed by atoms with E-state index in [0.717, 1.165) is 38.1 Å². The summed E-state index contributed by atoms with van der Waals surface area (Å²) in [7, 11) is 1.71. The van der Waals surface area contributed by atoms with E-state index in [0.29, 0.717) is 6.54 Å². The lowest BCUT2D eigenvalue weighted by Gasteiger charge is -2.16. The number of carbonyl (C=O) groups is 2. The highest BCUT2D eigenvalue weighted by Crippen LogP contribution is 2.25. The number of nitrogens with zero attached hydrogens (tertiary/aromatic N) is 1. The van der Waals surface area contributed by atoms with E-state index in [9.17, 15) is 9.59 Å². The summed E-state index contributed by atoms with van der Waals surface area (Å²) in [5, 5.41) is 2.91. The summed E-state index contributed by atoms with van der Waals surface area (Å²) < 4.78 is 10.7. The molecule has 0 N–H and O–H groups in total. The summed E-state index contributed by atoms with van der Waals surface area (Å²) in [6.45, 7) is 6.32. The van der Waals surface area contributed by atoms with E-state index in [-0.39, 0.29) is 18.9 Å². The van der Waals surface area contributed by atoms with Gasteiger partial charge in [-0.1, -0.05) is 0 Å². The maximum Gasteiger partial charge on any atom is 0.310 e. The fraction of sp³-hybridized carbons (Fsp3) is 0.333. The van der Waals surface area contributed by atoms with Crippen LogP contribution >= 0.6 is 11.3 Å². The molecular weight excluding hydrogens is 362 g/mol. The van der Waals surface area contributed by atoms with Gasteiger partial charge in [-0.05, 0) is 61.0 Å². The van der Waals surface area contributed by atoms with Crippen LogP contribution in [0.4, 0.5) is 0 Å². The number of hydrogen-bond donors (Lipinski definition) is 0. The first kappa shape index (κ1) is 19.2. The molecule has 5 nitrogen and oxygen atoms in total. The zero-order valence-electron chi connectivity index (χ0n) is 16.0. The maximum absolute atomic E-state index is 12.2. The molecule has 0 radical (unpaired) electrons. The Hall–Kier alpha value is -2.60. The van der Waals surface area contributed by atoms with E-state index in [1.165, 1.54) is 0 Å². The number of esters is 1. The molecule has 1 aromatic carbocycles. The number of benzene rings is 1. The van der Waals surface area contributed by atoms with Crippen LogP contribution in [0.2, 0.25) is 0 Å². The number of rotatable bonds is 6. The average Bonchev–Trinajstić information content (AvgIpc) is 3.20. The molecule has 0 aliphatic heterocycles. The van der Waals surface area contributed by atoms with Gasteiger partial charge < -0.3 is 14.1 Å². The molecule has 3 aromatic rings. The Morgan fingerprint density at radius 3 is 2.59 bits per heavy atom. The zero-order valence-corrected chi connectivity index (χ0v) is 16.8. The third kappa shape index (κ3) is 4.39. The molecule has 0 fully saturated rings. The van der Waals surface area contributed by atoms with Gasteiger partial charge in [-0.3, -0.25) is 9.59 Å². The normalized spacial score (nSPS) is 11.0. The van der Waals surface area contributed by atoms with Gasteiger partial charge in [-0.15, -0.1) is 11.3 Å². The molecule has 1 amide bonds. The Balaban J connectivity index is 1.56. The van der Waals surface area contributed by atoms with Crippen LogP contribution < -0.4 is 0 Å². The van der Waals surface area contributed by atoms with Crippen LogP contribution in [0.15, 0.2) is 34.3 Å². The molecule has 2 heterocycles. The zero-order chi connectivity index (χ0) is 19.6. The number of likely N-dealkylation sites (N-methyl/N-ethyl adjacent to an activating group) is 1. The van der Waals surface area contributed by atoms with Crippen LogP contribution in [0.5, 0.6) is 0 Å². The number of hydrogen-bond acceptors (Lipinski definition) is 5. The van der Waals surface area contributed by atoms with Crippen molar-refractivity contribution in [3.63, 3.8) is 0 Å². The van der Waals surface area contributed by atoms with Crippen LogP contribution in [-0.4, -0.2) is 30.4 Å². The summed E-state index contributed by atoms with van der Waals surface area (Å²) in [5.74, 6) is -0.662. The third-order valence-electron chi connectivity index (χ3n) is 4.74. The molecule has 0 bridgehead atoms. The quantitative estimate of drug-likeness (QED) is 0.598. The molecule has 2 aromatic heterocycles. The molecule has 0 atom stereocenters. The van der Waals surface area contributed by atoms with Gasteiger partial charge in [0.25, 0.3) is 5.91 Å². The third-order valence-corrected chi connectivity index (χ3v) is 5.74. The fourth-order valence-corrected chi connectivity index (χ4v) is 3.76. The fourth-order valence-electron chi connectivity index (χ4n) is 2.80. The molecule has 6 heteroatoms. The second-order valence-electron chi connectivity index (χ2n) is 6.81. The molecule has 0 spiro atoms. The van der Waals surface area contributed by atoms with Crippen molar-refractivity contribution in [1.82, 2.24) is 4.90 Å². The van der Waals surface area contributed by atoms with Crippen molar-refractivity contribution < 1.29 is 18.7 Å². The standard InChI is InChI=1S/C21H23NO4S/c1-13-5-6-27-19(13)10-22(4)20(23)12-26-21(24)9-16-11-25-18-8-15(3)14(2)7-17(16)18/h5-8,11H,9-10,12H2,1-4H3. The lowest BCUT2D eigenvalue weighted by molar-refractivity contribution is -0.151. The van der Waals surface area contributed by atoms with Gasteiger partial charge in [0.1, 0.15) is 5.58 Å². The van der Waals surface area contributed by atoms with E-state index in [4.69, 9.17) is 9.15 Å². The van der Waals surface area contributed by atoms with Gasteiger partial charge in [-0.25, -0.2) is 0 Å². The van der Waals surface area contributed by atoms with Crippen molar-refractivity contribution in [3.05, 3.63) is 57.0 Å². The summed E-state index contributed by atoms with van der Waals surface area (Å²) in [6.07, 6.45) is 1.66. The number of aryl methyl sites for hydroxylation is 3. The average molecular weight is 385 g/mol. The number of amides is 1. The van der Waals surface area contributed by atoms with E-state index >= 15 is 0 Å². The van der Waals surface area contributed by atoms with Gasteiger partial charge in [-0.2, -0.15) is 0 Å². The molecule has 0 saturated carbocycles. The van der Waals surface area contributed by atoms with Crippen molar-refractivity contribution >= 4 is 34.2 Å². The van der Waals surface area contributed by atoms with E-state index in [2.05, 4.69) is 0 Å². The minimum atomic E-state index is -0.440. The molecular formula is C21H23NO4S.